The van der Waals surface area contributed by atoms with Gasteiger partial charge in [0.05, 0.1) is 5.75 Å². The Labute approximate surface area is 108 Å². The first kappa shape index (κ1) is 14.5. The Kier molecular flexibility index (Phi) is 5.43. The summed E-state index contributed by atoms with van der Waals surface area (Å²) >= 11 is 0. The van der Waals surface area contributed by atoms with Crippen molar-refractivity contribution >= 4 is 19.7 Å². The molecule has 0 aliphatic heterocycles. The molecule has 0 spiro atoms. The third-order valence-corrected chi connectivity index (χ3v) is 3.72. The predicted molar refractivity (Wildman–Crippen MR) is 71.5 cm³/mol. The van der Waals surface area contributed by atoms with Crippen LogP contribution in [0.2, 0.25) is 0 Å². The number of hydrogen-bond acceptors (Lipinski definition) is 3. The standard InChI is InChI=1S/C12H18ClNO2S/c1-3-14(4-2)9-11-7-5-6-8-12(11)10-17(13,15)16/h5-8H,3-4,9-10H2,1-2H3. The molecule has 0 heterocycles. The number of rotatable bonds is 6. The predicted octanol–water partition coefficient (Wildman–Crippen LogP) is 2.60. The van der Waals surface area contributed by atoms with Crippen LogP contribution in [0.3, 0.4) is 0 Å². The molecule has 0 unspecified atom stereocenters. The Morgan fingerprint density at radius 3 is 2.12 bits per heavy atom. The van der Waals surface area contributed by atoms with Gasteiger partial charge in [-0.3, -0.25) is 4.90 Å². The van der Waals surface area contributed by atoms with Crippen molar-refractivity contribution in [3.05, 3.63) is 35.4 Å². The lowest BCUT2D eigenvalue weighted by molar-refractivity contribution is 0.295. The second-order valence-corrected chi connectivity index (χ2v) is 6.69. The van der Waals surface area contributed by atoms with Crippen molar-refractivity contribution in [3.8, 4) is 0 Å². The summed E-state index contributed by atoms with van der Waals surface area (Å²) in [5.74, 6) is -0.105. The van der Waals surface area contributed by atoms with Crippen molar-refractivity contribution in [2.75, 3.05) is 13.1 Å². The normalized spacial score (nSPS) is 12.0. The van der Waals surface area contributed by atoms with Gasteiger partial charge in [-0.15, -0.1) is 0 Å². The summed E-state index contributed by atoms with van der Waals surface area (Å²) in [6.07, 6.45) is 0. The van der Waals surface area contributed by atoms with E-state index in [2.05, 4.69) is 18.7 Å². The summed E-state index contributed by atoms with van der Waals surface area (Å²) in [4.78, 5) is 2.24. The zero-order valence-electron chi connectivity index (χ0n) is 10.2. The Bertz CT molecular complexity index is 455. The summed E-state index contributed by atoms with van der Waals surface area (Å²) in [6.45, 7) is 6.82. The fourth-order valence-corrected chi connectivity index (χ4v) is 2.73. The van der Waals surface area contributed by atoms with Gasteiger partial charge in [-0.1, -0.05) is 38.1 Å². The molecule has 1 aromatic carbocycles. The van der Waals surface area contributed by atoms with E-state index < -0.39 is 9.05 Å². The molecule has 0 N–H and O–H groups in total. The zero-order valence-corrected chi connectivity index (χ0v) is 11.8. The van der Waals surface area contributed by atoms with Gasteiger partial charge in [0.15, 0.2) is 0 Å². The molecule has 3 nitrogen and oxygen atoms in total. The van der Waals surface area contributed by atoms with Gasteiger partial charge in [0.2, 0.25) is 9.05 Å². The third-order valence-electron chi connectivity index (χ3n) is 2.73. The summed E-state index contributed by atoms with van der Waals surface area (Å²) in [6, 6.07) is 7.53. The molecule has 0 saturated heterocycles. The quantitative estimate of drug-likeness (QED) is 0.749. The first-order chi connectivity index (χ1) is 7.96. The van der Waals surface area contributed by atoms with E-state index in [1.54, 1.807) is 0 Å². The molecule has 0 radical (unpaired) electrons. The van der Waals surface area contributed by atoms with Crippen molar-refractivity contribution in [1.29, 1.82) is 0 Å². The van der Waals surface area contributed by atoms with Crippen LogP contribution < -0.4 is 0 Å². The van der Waals surface area contributed by atoms with Gasteiger partial charge in [-0.05, 0) is 24.2 Å². The van der Waals surface area contributed by atoms with E-state index in [9.17, 15) is 8.42 Å². The molecule has 96 valence electrons. The highest BCUT2D eigenvalue weighted by molar-refractivity contribution is 8.13. The van der Waals surface area contributed by atoms with E-state index in [1.165, 1.54) is 0 Å². The summed E-state index contributed by atoms with van der Waals surface area (Å²) in [5.41, 5.74) is 1.81. The van der Waals surface area contributed by atoms with Crippen LogP contribution in [0.25, 0.3) is 0 Å². The van der Waals surface area contributed by atoms with Crippen LogP contribution in [-0.2, 0) is 21.3 Å². The van der Waals surface area contributed by atoms with Gasteiger partial charge >= 0.3 is 0 Å². The highest BCUT2D eigenvalue weighted by Gasteiger charge is 2.12. The first-order valence-corrected chi connectivity index (χ1v) is 8.15. The first-order valence-electron chi connectivity index (χ1n) is 5.67. The Balaban J connectivity index is 2.91. The van der Waals surface area contributed by atoms with E-state index in [-0.39, 0.29) is 5.75 Å². The number of nitrogens with zero attached hydrogens (tertiary/aromatic N) is 1. The molecule has 0 atom stereocenters. The van der Waals surface area contributed by atoms with Crippen LogP contribution in [0, 0.1) is 0 Å². The minimum Gasteiger partial charge on any atom is -0.300 e. The van der Waals surface area contributed by atoms with Crippen LogP contribution in [0.4, 0.5) is 0 Å². The van der Waals surface area contributed by atoms with E-state index in [0.717, 1.165) is 30.8 Å². The summed E-state index contributed by atoms with van der Waals surface area (Å²) < 4.78 is 22.3. The molecule has 0 amide bonds. The van der Waals surface area contributed by atoms with Gasteiger partial charge in [0, 0.05) is 17.2 Å². The average Bonchev–Trinajstić information content (AvgIpc) is 2.26. The molecule has 0 aromatic heterocycles. The molecular formula is C12H18ClNO2S. The Hall–Kier alpha value is -0.580. The minimum atomic E-state index is -3.50. The molecule has 17 heavy (non-hydrogen) atoms. The van der Waals surface area contributed by atoms with Gasteiger partial charge in [0.1, 0.15) is 0 Å². The van der Waals surface area contributed by atoms with Crippen molar-refractivity contribution in [2.24, 2.45) is 0 Å². The van der Waals surface area contributed by atoms with E-state index in [1.807, 2.05) is 24.3 Å². The SMILES string of the molecule is CCN(CC)Cc1ccccc1CS(=O)(=O)Cl. The topological polar surface area (TPSA) is 37.4 Å². The molecule has 1 rings (SSSR count). The number of hydrogen-bond donors (Lipinski definition) is 0. The monoisotopic (exact) mass is 275 g/mol. The van der Waals surface area contributed by atoms with Crippen LogP contribution in [0.5, 0.6) is 0 Å². The maximum absolute atomic E-state index is 11.1. The van der Waals surface area contributed by atoms with E-state index >= 15 is 0 Å². The van der Waals surface area contributed by atoms with Gasteiger partial charge < -0.3 is 0 Å². The van der Waals surface area contributed by atoms with Gasteiger partial charge in [-0.25, -0.2) is 8.42 Å². The van der Waals surface area contributed by atoms with E-state index in [0.29, 0.717) is 0 Å². The smallest absolute Gasteiger partial charge is 0.236 e. The number of halogens is 1. The maximum atomic E-state index is 11.1. The molecular weight excluding hydrogens is 258 g/mol. The fourth-order valence-electron chi connectivity index (χ4n) is 1.73. The van der Waals surface area contributed by atoms with Crippen LogP contribution >= 0.6 is 10.7 Å². The lowest BCUT2D eigenvalue weighted by Gasteiger charge is -2.19. The Morgan fingerprint density at radius 1 is 1.12 bits per heavy atom. The van der Waals surface area contributed by atoms with Crippen molar-refractivity contribution in [2.45, 2.75) is 26.1 Å². The summed E-state index contributed by atoms with van der Waals surface area (Å²) in [5, 5.41) is 0. The van der Waals surface area contributed by atoms with Crippen LogP contribution in [0.15, 0.2) is 24.3 Å². The van der Waals surface area contributed by atoms with Crippen molar-refractivity contribution < 1.29 is 8.42 Å². The van der Waals surface area contributed by atoms with Gasteiger partial charge in [-0.2, -0.15) is 0 Å². The molecule has 5 heteroatoms. The molecule has 0 saturated carbocycles. The largest absolute Gasteiger partial charge is 0.300 e. The molecule has 0 aliphatic rings. The second kappa shape index (κ2) is 6.38. The maximum Gasteiger partial charge on any atom is 0.236 e. The molecule has 0 fully saturated rings. The number of benzene rings is 1. The van der Waals surface area contributed by atoms with Crippen LogP contribution in [0.1, 0.15) is 25.0 Å². The lowest BCUT2D eigenvalue weighted by atomic mass is 10.1. The molecule has 0 bridgehead atoms. The Morgan fingerprint density at radius 2 is 1.65 bits per heavy atom. The second-order valence-electron chi connectivity index (χ2n) is 3.91. The molecule has 1 aromatic rings. The van der Waals surface area contributed by atoms with Crippen LogP contribution in [-0.4, -0.2) is 26.4 Å². The van der Waals surface area contributed by atoms with Crippen molar-refractivity contribution in [1.82, 2.24) is 4.90 Å². The highest BCUT2D eigenvalue weighted by Crippen LogP contribution is 2.16. The molecule has 0 aliphatic carbocycles. The zero-order chi connectivity index (χ0) is 12.9. The lowest BCUT2D eigenvalue weighted by Crippen LogP contribution is -2.23. The van der Waals surface area contributed by atoms with Crippen molar-refractivity contribution in [3.63, 3.8) is 0 Å². The third kappa shape index (κ3) is 5.06. The fraction of sp³-hybridized carbons (Fsp3) is 0.500. The summed E-state index contributed by atoms with van der Waals surface area (Å²) in [7, 11) is 1.81. The van der Waals surface area contributed by atoms with Gasteiger partial charge in [0.25, 0.3) is 0 Å². The van der Waals surface area contributed by atoms with E-state index in [4.69, 9.17) is 10.7 Å². The highest BCUT2D eigenvalue weighted by atomic mass is 35.7. The minimum absolute atomic E-state index is 0.105. The average molecular weight is 276 g/mol.